The number of amides is 3. The van der Waals surface area contributed by atoms with Crippen LogP contribution >= 0.6 is 0 Å². The maximum Gasteiger partial charge on any atom is 0.225 e. The van der Waals surface area contributed by atoms with Crippen molar-refractivity contribution in [3.8, 4) is 0 Å². The Hall–Kier alpha value is -1.59. The van der Waals surface area contributed by atoms with E-state index in [0.29, 0.717) is 39.3 Å². The summed E-state index contributed by atoms with van der Waals surface area (Å²) < 4.78 is 0. The topological polar surface area (TPSA) is 60.9 Å². The van der Waals surface area contributed by atoms with E-state index in [1.54, 1.807) is 14.7 Å². The van der Waals surface area contributed by atoms with Gasteiger partial charge in [-0.05, 0) is 6.42 Å². The molecule has 0 bridgehead atoms. The third-order valence-electron chi connectivity index (χ3n) is 4.16. The van der Waals surface area contributed by atoms with Crippen LogP contribution in [0.15, 0.2) is 0 Å². The highest BCUT2D eigenvalue weighted by Gasteiger charge is 2.23. The largest absolute Gasteiger partial charge is 0.339 e. The molecule has 0 aromatic heterocycles. The van der Waals surface area contributed by atoms with Gasteiger partial charge in [0.15, 0.2) is 0 Å². The molecule has 134 valence electrons. The van der Waals surface area contributed by atoms with E-state index >= 15 is 0 Å². The molecule has 0 saturated carbocycles. The first-order valence-corrected chi connectivity index (χ1v) is 8.66. The molecular weight excluding hydrogens is 294 g/mol. The first kappa shape index (κ1) is 21.4. The molecule has 0 N–H and O–H groups in total. The van der Waals surface area contributed by atoms with Gasteiger partial charge in [0.2, 0.25) is 17.7 Å². The predicted molar refractivity (Wildman–Crippen MR) is 91.9 cm³/mol. The molecule has 23 heavy (non-hydrogen) atoms. The van der Waals surface area contributed by atoms with Gasteiger partial charge >= 0.3 is 0 Å². The summed E-state index contributed by atoms with van der Waals surface area (Å²) in [6.07, 6.45) is 0.794. The Morgan fingerprint density at radius 3 is 1.35 bits per heavy atom. The standard InChI is InChI=1S/C15H27N3O3.C2H6/c1-5-12(2)15(21)18-10-8-16(13(3)19)6-7-17(9-11-18)14(4)20;1-2/h12H,5-11H2,1-4H3;1-2H3. The van der Waals surface area contributed by atoms with Crippen molar-refractivity contribution >= 4 is 17.7 Å². The van der Waals surface area contributed by atoms with E-state index in [1.807, 2.05) is 27.7 Å². The van der Waals surface area contributed by atoms with Crippen LogP contribution < -0.4 is 0 Å². The fraction of sp³-hybridized carbons (Fsp3) is 0.824. The van der Waals surface area contributed by atoms with Gasteiger partial charge in [0.05, 0.1) is 0 Å². The van der Waals surface area contributed by atoms with Crippen LogP contribution in [-0.4, -0.2) is 71.7 Å². The van der Waals surface area contributed by atoms with Gasteiger partial charge in [-0.1, -0.05) is 27.7 Å². The second-order valence-electron chi connectivity index (χ2n) is 5.65. The molecule has 1 aliphatic rings. The molecule has 1 heterocycles. The van der Waals surface area contributed by atoms with Crippen molar-refractivity contribution < 1.29 is 14.4 Å². The van der Waals surface area contributed by atoms with Crippen molar-refractivity contribution in [2.75, 3.05) is 39.3 Å². The number of hydrogen-bond donors (Lipinski definition) is 0. The monoisotopic (exact) mass is 327 g/mol. The van der Waals surface area contributed by atoms with Crippen LogP contribution in [0.25, 0.3) is 0 Å². The second kappa shape index (κ2) is 11.0. The molecule has 1 rings (SSSR count). The highest BCUT2D eigenvalue weighted by Crippen LogP contribution is 2.09. The minimum atomic E-state index is -0.0256. The summed E-state index contributed by atoms with van der Waals surface area (Å²) in [5.74, 6) is 0.0430. The van der Waals surface area contributed by atoms with Crippen molar-refractivity contribution in [3.05, 3.63) is 0 Å². The fourth-order valence-electron chi connectivity index (χ4n) is 2.40. The number of hydrogen-bond acceptors (Lipinski definition) is 3. The summed E-state index contributed by atoms with van der Waals surface area (Å²) in [4.78, 5) is 40.9. The zero-order valence-corrected chi connectivity index (χ0v) is 15.6. The molecule has 1 saturated heterocycles. The molecule has 1 atom stereocenters. The normalized spacial score (nSPS) is 17.2. The molecule has 6 heteroatoms. The van der Waals surface area contributed by atoms with Gasteiger partial charge in [0.1, 0.15) is 0 Å². The van der Waals surface area contributed by atoms with E-state index in [4.69, 9.17) is 0 Å². The smallest absolute Gasteiger partial charge is 0.225 e. The van der Waals surface area contributed by atoms with Crippen molar-refractivity contribution in [1.82, 2.24) is 14.7 Å². The zero-order valence-electron chi connectivity index (χ0n) is 15.6. The summed E-state index contributed by atoms with van der Waals surface area (Å²) in [7, 11) is 0. The van der Waals surface area contributed by atoms with E-state index in [1.165, 1.54) is 13.8 Å². The summed E-state index contributed by atoms with van der Waals surface area (Å²) in [5.41, 5.74) is 0. The van der Waals surface area contributed by atoms with Gasteiger partial charge in [-0.3, -0.25) is 14.4 Å². The molecule has 1 unspecified atom stereocenters. The summed E-state index contributed by atoms with van der Waals surface area (Å²) >= 11 is 0. The quantitative estimate of drug-likeness (QED) is 0.774. The van der Waals surface area contributed by atoms with E-state index in [2.05, 4.69) is 0 Å². The Balaban J connectivity index is 0.00000232. The highest BCUT2D eigenvalue weighted by atomic mass is 16.2. The maximum atomic E-state index is 12.4. The molecule has 0 spiro atoms. The number of rotatable bonds is 2. The predicted octanol–water partition coefficient (Wildman–Crippen LogP) is 1.60. The van der Waals surface area contributed by atoms with E-state index < -0.39 is 0 Å². The van der Waals surface area contributed by atoms with Crippen molar-refractivity contribution in [2.24, 2.45) is 5.92 Å². The molecule has 3 amide bonds. The molecule has 6 nitrogen and oxygen atoms in total. The Bertz CT molecular complexity index is 373. The van der Waals surface area contributed by atoms with Gasteiger partial charge in [0, 0.05) is 59.0 Å². The third-order valence-corrected chi connectivity index (χ3v) is 4.16. The summed E-state index contributed by atoms with van der Waals surface area (Å²) in [5, 5.41) is 0. The van der Waals surface area contributed by atoms with Crippen molar-refractivity contribution in [2.45, 2.75) is 48.0 Å². The Morgan fingerprint density at radius 2 is 1.09 bits per heavy atom. The fourth-order valence-corrected chi connectivity index (χ4v) is 2.40. The van der Waals surface area contributed by atoms with Crippen LogP contribution in [-0.2, 0) is 14.4 Å². The van der Waals surface area contributed by atoms with Crippen LogP contribution in [0.4, 0.5) is 0 Å². The molecule has 1 fully saturated rings. The lowest BCUT2D eigenvalue weighted by Crippen LogP contribution is -2.43. The molecule has 0 aliphatic carbocycles. The zero-order chi connectivity index (χ0) is 18.0. The van der Waals surface area contributed by atoms with E-state index in [0.717, 1.165) is 6.42 Å². The Kier molecular flexibility index (Phi) is 10.3. The first-order valence-electron chi connectivity index (χ1n) is 8.66. The van der Waals surface area contributed by atoms with Crippen LogP contribution in [0.5, 0.6) is 0 Å². The second-order valence-corrected chi connectivity index (χ2v) is 5.65. The minimum absolute atomic E-state index is 0.0173. The average Bonchev–Trinajstić information content (AvgIpc) is 2.65. The third kappa shape index (κ3) is 7.01. The van der Waals surface area contributed by atoms with Crippen molar-refractivity contribution in [1.29, 1.82) is 0 Å². The molecular formula is C17H33N3O3. The van der Waals surface area contributed by atoms with Crippen LogP contribution in [0, 0.1) is 5.92 Å². The summed E-state index contributed by atoms with van der Waals surface area (Å²) in [6, 6.07) is 0. The van der Waals surface area contributed by atoms with Gasteiger partial charge in [-0.15, -0.1) is 0 Å². The number of nitrogens with zero attached hydrogens (tertiary/aromatic N) is 3. The van der Waals surface area contributed by atoms with Gasteiger partial charge in [-0.25, -0.2) is 0 Å². The van der Waals surface area contributed by atoms with E-state index in [-0.39, 0.29) is 23.6 Å². The minimum Gasteiger partial charge on any atom is -0.339 e. The van der Waals surface area contributed by atoms with Crippen LogP contribution in [0.2, 0.25) is 0 Å². The maximum absolute atomic E-state index is 12.4. The molecule has 0 radical (unpaired) electrons. The first-order chi connectivity index (χ1) is 10.9. The van der Waals surface area contributed by atoms with Gasteiger partial charge < -0.3 is 14.7 Å². The van der Waals surface area contributed by atoms with Crippen LogP contribution in [0.1, 0.15) is 48.0 Å². The summed E-state index contributed by atoms with van der Waals surface area (Å²) in [6.45, 7) is 14.1. The number of carbonyl (C=O) groups excluding carboxylic acids is 3. The highest BCUT2D eigenvalue weighted by molar-refractivity contribution is 5.79. The number of carbonyl (C=O) groups is 3. The van der Waals surface area contributed by atoms with Gasteiger partial charge in [0.25, 0.3) is 0 Å². The molecule has 0 aromatic carbocycles. The van der Waals surface area contributed by atoms with Gasteiger partial charge in [-0.2, -0.15) is 0 Å². The Morgan fingerprint density at radius 1 is 0.783 bits per heavy atom. The van der Waals surface area contributed by atoms with E-state index in [9.17, 15) is 14.4 Å². The SMILES string of the molecule is CC.CCC(C)C(=O)N1CCN(C(C)=O)CCN(C(C)=O)CC1. The Labute approximate surface area is 140 Å². The molecule has 1 aliphatic heterocycles. The van der Waals surface area contributed by atoms with Crippen molar-refractivity contribution in [3.63, 3.8) is 0 Å². The average molecular weight is 327 g/mol. The lowest BCUT2D eigenvalue weighted by molar-refractivity contribution is -0.137. The van der Waals surface area contributed by atoms with Crippen LogP contribution in [0.3, 0.4) is 0 Å². The lowest BCUT2D eigenvalue weighted by Gasteiger charge is -2.27. The lowest BCUT2D eigenvalue weighted by atomic mass is 10.1. The molecule has 0 aromatic rings.